The molecule has 1 heterocycles. The van der Waals surface area contributed by atoms with E-state index in [1.807, 2.05) is 32.0 Å². The monoisotopic (exact) mass is 208 g/mol. The summed E-state index contributed by atoms with van der Waals surface area (Å²) in [6.07, 6.45) is 1.08. The Morgan fingerprint density at radius 3 is 2.73 bits per heavy atom. The van der Waals surface area contributed by atoms with Gasteiger partial charge in [-0.2, -0.15) is 0 Å². The maximum atomic E-state index is 5.56. The van der Waals surface area contributed by atoms with Crippen molar-refractivity contribution in [2.45, 2.75) is 33.1 Å². The smallest absolute Gasteiger partial charge is 0.126 e. The molecule has 2 nitrogen and oxygen atoms in total. The molecule has 2 rings (SSSR count). The van der Waals surface area contributed by atoms with Crippen molar-refractivity contribution in [3.05, 3.63) is 23.8 Å². The second kappa shape index (κ2) is 5.64. The van der Waals surface area contributed by atoms with Gasteiger partial charge in [0.05, 0.1) is 13.7 Å². The zero-order valence-corrected chi connectivity index (χ0v) is 10.0. The highest BCUT2D eigenvalue weighted by molar-refractivity contribution is 5.47. The average molecular weight is 208 g/mol. The average Bonchev–Trinajstić information content (AvgIpc) is 2.31. The zero-order valence-electron chi connectivity index (χ0n) is 10.0. The van der Waals surface area contributed by atoms with Gasteiger partial charge in [0.15, 0.2) is 0 Å². The summed E-state index contributed by atoms with van der Waals surface area (Å²) in [6, 6.07) is 5.97. The van der Waals surface area contributed by atoms with E-state index in [0.29, 0.717) is 5.92 Å². The minimum Gasteiger partial charge on any atom is -0.496 e. The van der Waals surface area contributed by atoms with Gasteiger partial charge in [0.1, 0.15) is 11.5 Å². The van der Waals surface area contributed by atoms with Crippen LogP contribution in [0.3, 0.4) is 0 Å². The summed E-state index contributed by atoms with van der Waals surface area (Å²) >= 11 is 0. The van der Waals surface area contributed by atoms with Crippen LogP contribution in [0.1, 0.15) is 38.7 Å². The van der Waals surface area contributed by atoms with Crippen LogP contribution in [-0.4, -0.2) is 13.7 Å². The minimum atomic E-state index is 0.542. The molecule has 0 amide bonds. The number of methoxy groups -OCH3 is 1. The van der Waals surface area contributed by atoms with E-state index in [1.54, 1.807) is 7.11 Å². The van der Waals surface area contributed by atoms with Gasteiger partial charge in [-0.3, -0.25) is 0 Å². The summed E-state index contributed by atoms with van der Waals surface area (Å²) in [4.78, 5) is 0. The van der Waals surface area contributed by atoms with Gasteiger partial charge < -0.3 is 9.47 Å². The van der Waals surface area contributed by atoms with E-state index in [1.165, 1.54) is 5.56 Å². The Kier molecular flexibility index (Phi) is 4.47. The van der Waals surface area contributed by atoms with E-state index in [-0.39, 0.29) is 0 Å². The van der Waals surface area contributed by atoms with Crippen molar-refractivity contribution >= 4 is 0 Å². The summed E-state index contributed by atoms with van der Waals surface area (Å²) in [5, 5.41) is 0. The Balaban J connectivity index is 0.000000531. The predicted molar refractivity (Wildman–Crippen MR) is 62.9 cm³/mol. The first-order chi connectivity index (χ1) is 7.33. The number of rotatable bonds is 1. The fourth-order valence-corrected chi connectivity index (χ4v) is 1.80. The molecular weight excluding hydrogens is 188 g/mol. The third-order valence-electron chi connectivity index (χ3n) is 2.55. The molecule has 1 aliphatic rings. The standard InChI is InChI=1S/C11H14O2.C2H6/c1-8-6-7-13-10-5-3-4-9(12-2)11(8)10;1-2/h3-5,8H,6-7H2,1-2H3;1-2H3. The normalized spacial score (nSPS) is 18.0. The fourth-order valence-electron chi connectivity index (χ4n) is 1.80. The highest BCUT2D eigenvalue weighted by Crippen LogP contribution is 2.39. The molecule has 1 aromatic carbocycles. The summed E-state index contributed by atoms with van der Waals surface area (Å²) in [5.74, 6) is 2.47. The molecule has 1 unspecified atom stereocenters. The van der Waals surface area contributed by atoms with Gasteiger partial charge in [-0.15, -0.1) is 0 Å². The van der Waals surface area contributed by atoms with E-state index in [2.05, 4.69) is 6.92 Å². The Labute approximate surface area is 92.2 Å². The molecule has 0 saturated carbocycles. The SMILES string of the molecule is CC.COc1cccc2c1C(C)CCO2. The number of ether oxygens (including phenoxy) is 2. The van der Waals surface area contributed by atoms with Gasteiger partial charge in [-0.05, 0) is 24.5 Å². The highest BCUT2D eigenvalue weighted by atomic mass is 16.5. The van der Waals surface area contributed by atoms with E-state index < -0.39 is 0 Å². The molecule has 1 aromatic rings. The maximum absolute atomic E-state index is 5.56. The lowest BCUT2D eigenvalue weighted by atomic mass is 9.94. The molecule has 0 bridgehead atoms. The Hall–Kier alpha value is -1.18. The van der Waals surface area contributed by atoms with Gasteiger partial charge in [-0.25, -0.2) is 0 Å². The van der Waals surface area contributed by atoms with E-state index in [0.717, 1.165) is 24.5 Å². The van der Waals surface area contributed by atoms with Gasteiger partial charge in [-0.1, -0.05) is 26.8 Å². The molecule has 0 aromatic heterocycles. The lowest BCUT2D eigenvalue weighted by molar-refractivity contribution is 0.266. The molecule has 15 heavy (non-hydrogen) atoms. The van der Waals surface area contributed by atoms with Crippen LogP contribution >= 0.6 is 0 Å². The van der Waals surface area contributed by atoms with E-state index >= 15 is 0 Å². The van der Waals surface area contributed by atoms with Crippen LogP contribution < -0.4 is 9.47 Å². The fraction of sp³-hybridized carbons (Fsp3) is 0.538. The topological polar surface area (TPSA) is 18.5 Å². The second-order valence-electron chi connectivity index (χ2n) is 3.41. The van der Waals surface area contributed by atoms with Gasteiger partial charge >= 0.3 is 0 Å². The predicted octanol–water partition coefficient (Wildman–Crippen LogP) is 3.61. The summed E-state index contributed by atoms with van der Waals surface area (Å²) in [6.45, 7) is 7.03. The molecule has 2 heteroatoms. The molecule has 1 atom stereocenters. The minimum absolute atomic E-state index is 0.542. The summed E-state index contributed by atoms with van der Waals surface area (Å²) < 4.78 is 10.9. The lowest BCUT2D eigenvalue weighted by Crippen LogP contribution is -2.12. The van der Waals surface area contributed by atoms with Crippen molar-refractivity contribution in [3.63, 3.8) is 0 Å². The van der Waals surface area contributed by atoms with Crippen molar-refractivity contribution < 1.29 is 9.47 Å². The van der Waals surface area contributed by atoms with E-state index in [9.17, 15) is 0 Å². The lowest BCUT2D eigenvalue weighted by Gasteiger charge is -2.24. The van der Waals surface area contributed by atoms with Crippen LogP contribution in [0.15, 0.2) is 18.2 Å². The number of fused-ring (bicyclic) bond motifs is 1. The van der Waals surface area contributed by atoms with Gasteiger partial charge in [0.2, 0.25) is 0 Å². The Morgan fingerprint density at radius 2 is 2.07 bits per heavy atom. The van der Waals surface area contributed by atoms with Crippen LogP contribution in [0.5, 0.6) is 11.5 Å². The van der Waals surface area contributed by atoms with Crippen molar-refractivity contribution in [1.29, 1.82) is 0 Å². The van der Waals surface area contributed by atoms with Crippen molar-refractivity contribution in [2.24, 2.45) is 0 Å². The number of hydrogen-bond acceptors (Lipinski definition) is 2. The molecular formula is C13H20O2. The van der Waals surface area contributed by atoms with Crippen LogP contribution in [0.25, 0.3) is 0 Å². The molecule has 1 aliphatic heterocycles. The maximum Gasteiger partial charge on any atom is 0.126 e. The largest absolute Gasteiger partial charge is 0.496 e. The van der Waals surface area contributed by atoms with Crippen LogP contribution in [-0.2, 0) is 0 Å². The van der Waals surface area contributed by atoms with E-state index in [4.69, 9.17) is 9.47 Å². The van der Waals surface area contributed by atoms with Gasteiger partial charge in [0, 0.05) is 5.56 Å². The molecule has 0 spiro atoms. The second-order valence-corrected chi connectivity index (χ2v) is 3.41. The first-order valence-corrected chi connectivity index (χ1v) is 5.62. The number of hydrogen-bond donors (Lipinski definition) is 0. The molecule has 0 N–H and O–H groups in total. The molecule has 0 aliphatic carbocycles. The number of benzene rings is 1. The van der Waals surface area contributed by atoms with Crippen molar-refractivity contribution in [3.8, 4) is 11.5 Å². The molecule has 84 valence electrons. The van der Waals surface area contributed by atoms with Crippen LogP contribution in [0.4, 0.5) is 0 Å². The Bertz CT molecular complexity index is 293. The molecule has 0 radical (unpaired) electrons. The first-order valence-electron chi connectivity index (χ1n) is 5.62. The molecule has 0 saturated heterocycles. The van der Waals surface area contributed by atoms with Crippen molar-refractivity contribution in [1.82, 2.24) is 0 Å². The third kappa shape index (κ3) is 2.44. The van der Waals surface area contributed by atoms with Crippen molar-refractivity contribution in [2.75, 3.05) is 13.7 Å². The third-order valence-corrected chi connectivity index (χ3v) is 2.55. The van der Waals surface area contributed by atoms with Gasteiger partial charge in [0.25, 0.3) is 0 Å². The van der Waals surface area contributed by atoms with Crippen LogP contribution in [0.2, 0.25) is 0 Å². The zero-order chi connectivity index (χ0) is 11.3. The highest BCUT2D eigenvalue weighted by Gasteiger charge is 2.21. The quantitative estimate of drug-likeness (QED) is 0.702. The first kappa shape index (κ1) is 11.9. The summed E-state index contributed by atoms with van der Waals surface area (Å²) in [7, 11) is 1.71. The Morgan fingerprint density at radius 1 is 1.33 bits per heavy atom. The molecule has 0 fully saturated rings. The van der Waals surface area contributed by atoms with Crippen LogP contribution in [0, 0.1) is 0 Å². The summed E-state index contributed by atoms with van der Waals surface area (Å²) in [5.41, 5.74) is 1.22.